The SMILES string of the molecule is CCN(CC)[P+](NC)(N(CC)CC)C(Cl)(Cl)Cl.[O-][Cl+3]([O-])([O-])[O-]. The van der Waals surface area contributed by atoms with Crippen molar-refractivity contribution in [3.8, 4) is 0 Å². The number of halogens is 4. The first-order chi connectivity index (χ1) is 9.85. The molecule has 12 heteroatoms. The zero-order valence-electron chi connectivity index (χ0n) is 13.3. The average Bonchev–Trinajstić information content (AvgIpc) is 2.35. The van der Waals surface area contributed by atoms with Gasteiger partial charge in [-0.2, -0.15) is 5.09 Å². The maximum Gasteiger partial charge on any atom is 0.348 e. The van der Waals surface area contributed by atoms with E-state index in [4.69, 9.17) is 53.4 Å². The monoisotopic (exact) mass is 421 g/mol. The van der Waals surface area contributed by atoms with E-state index in [2.05, 4.69) is 42.1 Å². The third-order valence-electron chi connectivity index (χ3n) is 2.94. The van der Waals surface area contributed by atoms with Gasteiger partial charge in [0.2, 0.25) is 0 Å². The topological polar surface area (TPSA) is 111 Å². The lowest BCUT2D eigenvalue weighted by Crippen LogP contribution is -2.68. The van der Waals surface area contributed by atoms with E-state index in [9.17, 15) is 0 Å². The maximum atomic E-state index is 8.49. The first-order valence-electron chi connectivity index (χ1n) is 6.62. The van der Waals surface area contributed by atoms with Crippen molar-refractivity contribution in [3.63, 3.8) is 0 Å². The van der Waals surface area contributed by atoms with Crippen molar-refractivity contribution in [1.29, 1.82) is 0 Å². The molecule has 0 aromatic rings. The van der Waals surface area contributed by atoms with Crippen LogP contribution in [0, 0.1) is 10.2 Å². The summed E-state index contributed by atoms with van der Waals surface area (Å²) in [4.78, 5) is 0. The summed E-state index contributed by atoms with van der Waals surface area (Å²) in [5, 5.41) is 3.33. The van der Waals surface area contributed by atoms with E-state index in [1.165, 1.54) is 0 Å². The van der Waals surface area contributed by atoms with E-state index in [1.807, 2.05) is 7.05 Å². The van der Waals surface area contributed by atoms with Crippen LogP contribution >= 0.6 is 42.5 Å². The zero-order valence-corrected chi connectivity index (χ0v) is 17.2. The molecule has 0 bridgehead atoms. The minimum atomic E-state index is -4.94. The molecule has 0 atom stereocenters. The highest BCUT2D eigenvalue weighted by molar-refractivity contribution is 7.76. The molecular formula is C10H24Cl4N3O4P. The Morgan fingerprint density at radius 3 is 1.18 bits per heavy atom. The molecule has 0 radical (unpaired) electrons. The average molecular weight is 423 g/mol. The quantitative estimate of drug-likeness (QED) is 0.423. The van der Waals surface area contributed by atoms with Gasteiger partial charge in [0.15, 0.2) is 0 Å². The van der Waals surface area contributed by atoms with E-state index < -0.39 is 21.5 Å². The molecule has 0 heterocycles. The summed E-state index contributed by atoms with van der Waals surface area (Å²) < 4.78 is 37.1. The van der Waals surface area contributed by atoms with Gasteiger partial charge in [0.05, 0.1) is 0 Å². The minimum absolute atomic E-state index is 0.857. The van der Waals surface area contributed by atoms with Crippen LogP contribution in [0.15, 0.2) is 0 Å². The summed E-state index contributed by atoms with van der Waals surface area (Å²) in [5.41, 5.74) is 0. The third kappa shape index (κ3) is 7.92. The molecular weight excluding hydrogens is 399 g/mol. The summed E-state index contributed by atoms with van der Waals surface area (Å²) in [5.74, 6) is 0. The van der Waals surface area contributed by atoms with Crippen LogP contribution in [0.5, 0.6) is 0 Å². The van der Waals surface area contributed by atoms with Gasteiger partial charge < -0.3 is 0 Å². The fraction of sp³-hybridized carbons (Fsp3) is 1.00. The van der Waals surface area contributed by atoms with Crippen LogP contribution in [0.1, 0.15) is 27.7 Å². The Balaban J connectivity index is 0. The molecule has 0 aromatic heterocycles. The molecule has 22 heavy (non-hydrogen) atoms. The van der Waals surface area contributed by atoms with Gasteiger partial charge >= 0.3 is 3.53 Å². The van der Waals surface area contributed by atoms with Gasteiger partial charge in [0, 0.05) is 33.2 Å². The molecule has 0 fully saturated rings. The second-order valence-corrected chi connectivity index (χ2v) is 11.2. The van der Waals surface area contributed by atoms with Crippen LogP contribution in [0.4, 0.5) is 0 Å². The number of rotatable bonds is 7. The fourth-order valence-corrected chi connectivity index (χ4v) is 8.32. The van der Waals surface area contributed by atoms with E-state index in [-0.39, 0.29) is 0 Å². The summed E-state index contributed by atoms with van der Waals surface area (Å²) >= 11 is 18.9. The molecule has 0 aliphatic carbocycles. The molecule has 7 nitrogen and oxygen atoms in total. The number of hydrogen-bond donors (Lipinski definition) is 1. The first-order valence-corrected chi connectivity index (χ1v) is 10.7. The second kappa shape index (κ2) is 11.0. The van der Waals surface area contributed by atoms with Gasteiger partial charge in [0.1, 0.15) is 0 Å². The van der Waals surface area contributed by atoms with Crippen molar-refractivity contribution in [2.24, 2.45) is 0 Å². The van der Waals surface area contributed by atoms with Crippen LogP contribution in [0.2, 0.25) is 0 Å². The van der Waals surface area contributed by atoms with Crippen LogP contribution in [0.3, 0.4) is 0 Å². The maximum absolute atomic E-state index is 8.49. The minimum Gasteiger partial charge on any atom is -0.222 e. The predicted octanol–water partition coefficient (Wildman–Crippen LogP) is -0.776. The van der Waals surface area contributed by atoms with Gasteiger partial charge in [-0.1, -0.05) is 0 Å². The van der Waals surface area contributed by atoms with E-state index >= 15 is 0 Å². The smallest absolute Gasteiger partial charge is 0.222 e. The fourth-order valence-electron chi connectivity index (χ4n) is 2.18. The largest absolute Gasteiger partial charge is 0.348 e. The van der Waals surface area contributed by atoms with Crippen molar-refractivity contribution in [2.45, 2.75) is 31.2 Å². The molecule has 1 N–H and O–H groups in total. The lowest BCUT2D eigenvalue weighted by molar-refractivity contribution is -2.00. The van der Waals surface area contributed by atoms with E-state index in [1.54, 1.807) is 0 Å². The Morgan fingerprint density at radius 2 is 1.09 bits per heavy atom. The van der Waals surface area contributed by atoms with Gasteiger partial charge in [-0.05, 0) is 62.5 Å². The van der Waals surface area contributed by atoms with Crippen LogP contribution in [0.25, 0.3) is 0 Å². The Kier molecular flexibility index (Phi) is 12.8. The lowest BCUT2D eigenvalue weighted by atomic mass is 10.7. The predicted molar refractivity (Wildman–Crippen MR) is 82.1 cm³/mol. The van der Waals surface area contributed by atoms with Crippen molar-refractivity contribution >= 4 is 42.5 Å². The van der Waals surface area contributed by atoms with Crippen molar-refractivity contribution < 1.29 is 28.9 Å². The normalized spacial score (nSPS) is 13.4. The van der Waals surface area contributed by atoms with Crippen LogP contribution in [-0.2, 0) is 0 Å². The van der Waals surface area contributed by atoms with Gasteiger partial charge in [0.25, 0.3) is 7.71 Å². The summed E-state index contributed by atoms with van der Waals surface area (Å²) in [7, 11) is -5.23. The molecule has 0 unspecified atom stereocenters. The van der Waals surface area contributed by atoms with E-state index in [0.29, 0.717) is 0 Å². The highest BCUT2D eigenvalue weighted by atomic mass is 35.7. The molecule has 0 aliphatic heterocycles. The standard InChI is InChI=1S/C10H24Cl3N3P.ClHO4/c1-6-15(7-2)17(14-5,10(11,12)13)16(8-3)9-4;2-1(3,4)5/h14H,6-9H2,1-5H3;(H,2,3,4,5)/q+1;/p-1. The Bertz CT molecular complexity index is 279. The molecule has 0 spiro atoms. The highest BCUT2D eigenvalue weighted by Crippen LogP contribution is 2.74. The molecule has 0 amide bonds. The lowest BCUT2D eigenvalue weighted by Gasteiger charge is -2.43. The van der Waals surface area contributed by atoms with Gasteiger partial charge in [-0.25, -0.2) is 18.6 Å². The van der Waals surface area contributed by atoms with Crippen LogP contribution < -0.4 is 23.7 Å². The van der Waals surface area contributed by atoms with Crippen molar-refractivity contribution in [1.82, 2.24) is 14.4 Å². The van der Waals surface area contributed by atoms with E-state index in [0.717, 1.165) is 26.2 Å². The van der Waals surface area contributed by atoms with Gasteiger partial charge in [-0.3, -0.25) is 0 Å². The molecule has 0 aromatic carbocycles. The summed E-state index contributed by atoms with van der Waals surface area (Å²) in [6, 6.07) is 0. The summed E-state index contributed by atoms with van der Waals surface area (Å²) in [6.45, 7) is 11.8. The number of alkyl halides is 3. The highest BCUT2D eigenvalue weighted by Gasteiger charge is 2.64. The molecule has 136 valence electrons. The second-order valence-electron chi connectivity index (χ2n) is 3.95. The number of hydrogen-bond acceptors (Lipinski definition) is 7. The molecule has 0 rings (SSSR count). The summed E-state index contributed by atoms with van der Waals surface area (Å²) in [6.07, 6.45) is 0. The van der Waals surface area contributed by atoms with Crippen LogP contribution in [-0.4, -0.2) is 46.1 Å². The molecule has 0 saturated carbocycles. The van der Waals surface area contributed by atoms with Crippen molar-refractivity contribution in [3.05, 3.63) is 0 Å². The first kappa shape index (κ1) is 25.5. The Labute approximate surface area is 150 Å². The molecule has 0 saturated heterocycles. The third-order valence-corrected chi connectivity index (χ3v) is 9.16. The van der Waals surface area contributed by atoms with Gasteiger partial charge in [-0.15, -0.1) is 19.6 Å². The number of nitrogens with zero attached hydrogens (tertiary/aromatic N) is 2. The zero-order chi connectivity index (χ0) is 18.2. The Morgan fingerprint density at radius 1 is 0.864 bits per heavy atom. The molecule has 0 aliphatic rings. The number of nitrogens with one attached hydrogen (secondary N) is 1. The van der Waals surface area contributed by atoms with Crippen molar-refractivity contribution in [2.75, 3.05) is 33.2 Å². The Hall–Kier alpha value is 1.31.